The van der Waals surface area contributed by atoms with E-state index in [1.807, 2.05) is 24.6 Å². The average Bonchev–Trinajstić information content (AvgIpc) is 3.27. The van der Waals surface area contributed by atoms with Gasteiger partial charge >= 0.3 is 0 Å². The lowest BCUT2D eigenvalue weighted by Gasteiger charge is -2.23. The molecular weight excluding hydrogens is 414 g/mol. The molecule has 0 atom stereocenters. The zero-order chi connectivity index (χ0) is 21.5. The summed E-state index contributed by atoms with van der Waals surface area (Å²) in [6, 6.07) is 10.0. The normalized spacial score (nSPS) is 16.2. The number of thiophene rings is 1. The molecule has 0 saturated heterocycles. The van der Waals surface area contributed by atoms with Crippen molar-refractivity contribution in [3.63, 3.8) is 0 Å². The van der Waals surface area contributed by atoms with Crippen LogP contribution in [0.25, 0.3) is 10.2 Å². The lowest BCUT2D eigenvalue weighted by Crippen LogP contribution is -2.24. The summed E-state index contributed by atoms with van der Waals surface area (Å²) in [7, 11) is 1.99. The molecule has 4 rings (SSSR count). The second-order valence-corrected chi connectivity index (χ2v) is 9.56. The number of nitrogens with zero attached hydrogens (tertiary/aromatic N) is 3. The van der Waals surface area contributed by atoms with Crippen LogP contribution < -0.4 is 10.5 Å². The molecule has 2 aromatic heterocycles. The molecule has 154 valence electrons. The van der Waals surface area contributed by atoms with Gasteiger partial charge in [-0.25, -0.2) is 4.98 Å². The number of ketones is 1. The van der Waals surface area contributed by atoms with E-state index in [1.54, 1.807) is 22.8 Å². The van der Waals surface area contributed by atoms with Gasteiger partial charge in [-0.3, -0.25) is 14.2 Å². The van der Waals surface area contributed by atoms with Crippen LogP contribution in [0, 0.1) is 0 Å². The van der Waals surface area contributed by atoms with E-state index in [1.165, 1.54) is 28.7 Å². The Hall–Kier alpha value is -2.64. The van der Waals surface area contributed by atoms with Crippen molar-refractivity contribution in [2.75, 3.05) is 17.7 Å². The third kappa shape index (κ3) is 3.42. The SMILES string of the molecule is C=CCn1c(SCC(=O)/C=C2\N(C)c3ccccc3C2(C)C)nc2sccc2c1=O. The molecule has 0 fully saturated rings. The molecule has 5 nitrogen and oxygen atoms in total. The van der Waals surface area contributed by atoms with Crippen LogP contribution in [-0.2, 0) is 16.8 Å². The highest BCUT2D eigenvalue weighted by atomic mass is 32.2. The quantitative estimate of drug-likeness (QED) is 0.244. The molecule has 1 aliphatic heterocycles. The molecular formula is C23H23N3O2S2. The van der Waals surface area contributed by atoms with E-state index in [9.17, 15) is 9.59 Å². The molecule has 30 heavy (non-hydrogen) atoms. The second-order valence-electron chi connectivity index (χ2n) is 7.72. The molecule has 0 spiro atoms. The monoisotopic (exact) mass is 437 g/mol. The summed E-state index contributed by atoms with van der Waals surface area (Å²) >= 11 is 2.72. The summed E-state index contributed by atoms with van der Waals surface area (Å²) in [6.07, 6.45) is 3.40. The van der Waals surface area contributed by atoms with Gasteiger partial charge in [0.2, 0.25) is 0 Å². The van der Waals surface area contributed by atoms with E-state index in [0.717, 1.165) is 11.4 Å². The van der Waals surface area contributed by atoms with Crippen LogP contribution in [-0.4, -0.2) is 28.1 Å². The van der Waals surface area contributed by atoms with E-state index in [4.69, 9.17) is 0 Å². The Morgan fingerprint density at radius 2 is 2.07 bits per heavy atom. The fourth-order valence-electron chi connectivity index (χ4n) is 3.92. The first-order valence-electron chi connectivity index (χ1n) is 9.64. The number of aromatic nitrogens is 2. The van der Waals surface area contributed by atoms with Gasteiger partial charge in [0.1, 0.15) is 4.83 Å². The number of likely N-dealkylation sites (N-methyl/N-ethyl adjacent to an activating group) is 1. The Bertz CT molecular complexity index is 1240. The van der Waals surface area contributed by atoms with Crippen molar-refractivity contribution in [3.8, 4) is 0 Å². The zero-order valence-electron chi connectivity index (χ0n) is 17.2. The van der Waals surface area contributed by atoms with Crippen LogP contribution in [0.15, 0.2) is 70.1 Å². The number of hydrogen-bond acceptors (Lipinski definition) is 6. The minimum Gasteiger partial charge on any atom is -0.347 e. The minimum atomic E-state index is -0.245. The van der Waals surface area contributed by atoms with Crippen molar-refractivity contribution in [2.45, 2.75) is 31.0 Å². The standard InChI is InChI=1S/C23H23N3O2S2/c1-5-11-26-21(28)16-10-12-29-20(16)24-22(26)30-14-15(27)13-19-23(2,3)17-8-6-7-9-18(17)25(19)4/h5-10,12-13H,1,11,14H2,2-4H3/b19-13-. The number of allylic oxidation sites excluding steroid dienone is 3. The van der Waals surface area contributed by atoms with Crippen LogP contribution >= 0.6 is 23.1 Å². The van der Waals surface area contributed by atoms with Crippen molar-refractivity contribution >= 4 is 44.8 Å². The highest BCUT2D eigenvalue weighted by Crippen LogP contribution is 2.46. The summed E-state index contributed by atoms with van der Waals surface area (Å²) in [5.74, 6) is 0.206. The fourth-order valence-corrected chi connectivity index (χ4v) is 5.56. The molecule has 1 aliphatic rings. The fraction of sp³-hybridized carbons (Fsp3) is 0.261. The van der Waals surface area contributed by atoms with Gasteiger partial charge in [0.05, 0.1) is 11.1 Å². The first-order chi connectivity index (χ1) is 14.3. The largest absolute Gasteiger partial charge is 0.347 e. The minimum absolute atomic E-state index is 0.00610. The Morgan fingerprint density at radius 1 is 1.30 bits per heavy atom. The van der Waals surface area contributed by atoms with Crippen LogP contribution in [0.3, 0.4) is 0 Å². The van der Waals surface area contributed by atoms with Gasteiger partial charge in [-0.05, 0) is 23.1 Å². The molecule has 0 unspecified atom stereocenters. The third-order valence-corrected chi connectivity index (χ3v) is 7.25. The lowest BCUT2D eigenvalue weighted by atomic mass is 9.83. The Labute approximate surface area is 183 Å². The summed E-state index contributed by atoms with van der Waals surface area (Å²) < 4.78 is 1.58. The molecule has 1 aromatic carbocycles. The molecule has 7 heteroatoms. The summed E-state index contributed by atoms with van der Waals surface area (Å²) in [6.45, 7) is 8.37. The van der Waals surface area contributed by atoms with Crippen LogP contribution in [0.1, 0.15) is 19.4 Å². The first kappa shape index (κ1) is 20.6. The summed E-state index contributed by atoms with van der Waals surface area (Å²) in [5.41, 5.74) is 2.97. The topological polar surface area (TPSA) is 55.2 Å². The van der Waals surface area contributed by atoms with Crippen LogP contribution in [0.5, 0.6) is 0 Å². The number of para-hydroxylation sites is 1. The van der Waals surface area contributed by atoms with E-state index < -0.39 is 0 Å². The van der Waals surface area contributed by atoms with Gasteiger partial charge in [0.15, 0.2) is 10.9 Å². The van der Waals surface area contributed by atoms with Gasteiger partial charge in [-0.2, -0.15) is 0 Å². The van der Waals surface area contributed by atoms with E-state index in [2.05, 4.69) is 42.4 Å². The van der Waals surface area contributed by atoms with Gasteiger partial charge in [0, 0.05) is 36.5 Å². The van der Waals surface area contributed by atoms with Crippen molar-refractivity contribution < 1.29 is 4.79 Å². The number of carbonyl (C=O) groups is 1. The van der Waals surface area contributed by atoms with Gasteiger partial charge in [-0.15, -0.1) is 17.9 Å². The molecule has 3 heterocycles. The Kier molecular flexibility index (Phi) is 5.42. The van der Waals surface area contributed by atoms with Crippen molar-refractivity contribution in [1.82, 2.24) is 9.55 Å². The first-order valence-corrected chi connectivity index (χ1v) is 11.5. The van der Waals surface area contributed by atoms with Crippen LogP contribution in [0.2, 0.25) is 0 Å². The molecule has 0 amide bonds. The highest BCUT2D eigenvalue weighted by Gasteiger charge is 2.38. The Balaban J connectivity index is 1.60. The number of anilines is 1. The predicted molar refractivity (Wildman–Crippen MR) is 126 cm³/mol. The van der Waals surface area contributed by atoms with Gasteiger partial charge in [-0.1, -0.05) is 49.9 Å². The smallest absolute Gasteiger partial charge is 0.263 e. The number of carbonyl (C=O) groups excluding carboxylic acids is 1. The van der Waals surface area contributed by atoms with Crippen molar-refractivity contribution in [2.24, 2.45) is 0 Å². The number of thioether (sulfide) groups is 1. The second kappa shape index (κ2) is 7.89. The van der Waals surface area contributed by atoms with E-state index >= 15 is 0 Å². The highest BCUT2D eigenvalue weighted by molar-refractivity contribution is 7.99. The molecule has 3 aromatic rings. The van der Waals surface area contributed by atoms with Gasteiger partial charge in [0.25, 0.3) is 5.56 Å². The Morgan fingerprint density at radius 3 is 2.80 bits per heavy atom. The number of benzene rings is 1. The maximum absolute atomic E-state index is 12.9. The zero-order valence-corrected chi connectivity index (χ0v) is 18.8. The lowest BCUT2D eigenvalue weighted by molar-refractivity contribution is -0.112. The number of hydrogen-bond donors (Lipinski definition) is 0. The van der Waals surface area contributed by atoms with E-state index in [0.29, 0.717) is 21.9 Å². The van der Waals surface area contributed by atoms with Gasteiger partial charge < -0.3 is 4.90 Å². The summed E-state index contributed by atoms with van der Waals surface area (Å²) in [4.78, 5) is 33.0. The molecule has 0 bridgehead atoms. The predicted octanol–water partition coefficient (Wildman–Crippen LogP) is 4.62. The molecule has 0 N–H and O–H groups in total. The van der Waals surface area contributed by atoms with Crippen molar-refractivity contribution in [1.29, 1.82) is 0 Å². The summed E-state index contributed by atoms with van der Waals surface area (Å²) in [5, 5.41) is 3.01. The van der Waals surface area contributed by atoms with E-state index in [-0.39, 0.29) is 22.5 Å². The number of fused-ring (bicyclic) bond motifs is 2. The molecule has 0 radical (unpaired) electrons. The average molecular weight is 438 g/mol. The molecule has 0 aliphatic carbocycles. The third-order valence-electron chi connectivity index (χ3n) is 5.44. The maximum atomic E-state index is 12.9. The maximum Gasteiger partial charge on any atom is 0.263 e. The molecule has 0 saturated carbocycles. The van der Waals surface area contributed by atoms with Crippen molar-refractivity contribution in [3.05, 3.63) is 76.1 Å². The number of rotatable bonds is 6. The van der Waals surface area contributed by atoms with Crippen LogP contribution in [0.4, 0.5) is 5.69 Å².